The summed E-state index contributed by atoms with van der Waals surface area (Å²) in [6, 6.07) is 15.4. The first-order chi connectivity index (χ1) is 12.5. The van der Waals surface area contributed by atoms with Crippen LogP contribution < -0.4 is 9.64 Å². The lowest BCUT2D eigenvalue weighted by Crippen LogP contribution is -2.36. The second-order valence-corrected chi connectivity index (χ2v) is 6.14. The number of urea groups is 1. The van der Waals surface area contributed by atoms with Gasteiger partial charge < -0.3 is 4.74 Å². The van der Waals surface area contributed by atoms with Gasteiger partial charge >= 0.3 is 6.03 Å². The first-order valence-electron chi connectivity index (χ1n) is 8.35. The topological polar surface area (TPSA) is 73.6 Å². The molecule has 2 aromatic carbocycles. The minimum Gasteiger partial charge on any atom is -0.492 e. The van der Waals surface area contributed by atoms with Crippen molar-refractivity contribution >= 4 is 17.6 Å². The Kier molecular flexibility index (Phi) is 4.90. The molecule has 0 N–H and O–H groups in total. The maximum atomic E-state index is 12.7. The van der Waals surface area contributed by atoms with Gasteiger partial charge in [-0.3, -0.25) is 14.6 Å². The highest BCUT2D eigenvalue weighted by Crippen LogP contribution is 2.26. The molecule has 1 atom stereocenters. The molecule has 0 spiro atoms. The van der Waals surface area contributed by atoms with Gasteiger partial charge in [0.15, 0.2) is 0 Å². The first kappa shape index (κ1) is 17.5. The number of nitrogens with zero attached hydrogens (tertiary/aromatic N) is 3. The van der Waals surface area contributed by atoms with E-state index in [0.29, 0.717) is 17.0 Å². The quantitative estimate of drug-likeness (QED) is 0.778. The van der Waals surface area contributed by atoms with Gasteiger partial charge in [-0.15, -0.1) is 0 Å². The minimum atomic E-state index is -0.542. The van der Waals surface area contributed by atoms with Gasteiger partial charge in [0.1, 0.15) is 18.4 Å². The van der Waals surface area contributed by atoms with E-state index in [0.717, 1.165) is 5.56 Å². The third-order valence-electron chi connectivity index (χ3n) is 4.33. The van der Waals surface area contributed by atoms with Crippen LogP contribution in [0.2, 0.25) is 0 Å². The van der Waals surface area contributed by atoms with Crippen LogP contribution in [-0.2, 0) is 4.79 Å². The molecule has 132 valence electrons. The maximum absolute atomic E-state index is 12.7. The third kappa shape index (κ3) is 3.38. The number of benzene rings is 2. The zero-order chi connectivity index (χ0) is 18.7. The van der Waals surface area contributed by atoms with Crippen molar-refractivity contribution in [2.24, 2.45) is 0 Å². The molecule has 1 fully saturated rings. The van der Waals surface area contributed by atoms with Gasteiger partial charge in [-0.1, -0.05) is 17.7 Å². The first-order valence-corrected chi connectivity index (χ1v) is 8.35. The largest absolute Gasteiger partial charge is 0.492 e. The van der Waals surface area contributed by atoms with Crippen LogP contribution in [0.1, 0.15) is 18.1 Å². The Morgan fingerprint density at radius 3 is 2.35 bits per heavy atom. The number of ether oxygens (including phenoxy) is 1. The Hall–Kier alpha value is -3.33. The minimum absolute atomic E-state index is 0.171. The summed E-state index contributed by atoms with van der Waals surface area (Å²) in [5.74, 6) is 0.352. The summed E-state index contributed by atoms with van der Waals surface area (Å²) in [4.78, 5) is 27.9. The molecule has 1 aliphatic rings. The van der Waals surface area contributed by atoms with Crippen molar-refractivity contribution in [1.29, 1.82) is 5.26 Å². The number of nitriles is 1. The van der Waals surface area contributed by atoms with Gasteiger partial charge in [0.2, 0.25) is 0 Å². The smallest absolute Gasteiger partial charge is 0.332 e. The van der Waals surface area contributed by atoms with Gasteiger partial charge in [-0.2, -0.15) is 5.26 Å². The fraction of sp³-hybridized carbons (Fsp3) is 0.250. The van der Waals surface area contributed by atoms with Crippen molar-refractivity contribution in [1.82, 2.24) is 4.90 Å². The van der Waals surface area contributed by atoms with E-state index < -0.39 is 6.04 Å². The van der Waals surface area contributed by atoms with Gasteiger partial charge in [0.05, 0.1) is 18.2 Å². The fourth-order valence-corrected chi connectivity index (χ4v) is 2.85. The number of rotatable bonds is 5. The monoisotopic (exact) mass is 349 g/mol. The molecule has 0 radical (unpaired) electrons. The van der Waals surface area contributed by atoms with Crippen LogP contribution in [0.25, 0.3) is 0 Å². The highest BCUT2D eigenvalue weighted by atomic mass is 16.5. The molecule has 2 aromatic rings. The van der Waals surface area contributed by atoms with E-state index in [9.17, 15) is 9.59 Å². The van der Waals surface area contributed by atoms with Crippen LogP contribution in [0, 0.1) is 18.3 Å². The van der Waals surface area contributed by atoms with E-state index in [1.54, 1.807) is 31.2 Å². The normalized spacial score (nSPS) is 16.7. The Bertz CT molecular complexity index is 853. The number of imide groups is 1. The maximum Gasteiger partial charge on any atom is 0.332 e. The van der Waals surface area contributed by atoms with E-state index >= 15 is 0 Å². The van der Waals surface area contributed by atoms with Crippen LogP contribution in [0.15, 0.2) is 48.5 Å². The zero-order valence-electron chi connectivity index (χ0n) is 14.7. The standard InChI is InChI=1S/C20H19N3O3/c1-14-3-7-17(8-4-14)23-15(2)19(24)22(20(23)25)11-12-26-18-9-5-16(13-21)6-10-18/h3-10,15H,11-12H2,1-2H3. The van der Waals surface area contributed by atoms with E-state index in [4.69, 9.17) is 10.00 Å². The summed E-state index contributed by atoms with van der Waals surface area (Å²) in [5.41, 5.74) is 2.34. The molecule has 3 amide bonds. The zero-order valence-corrected chi connectivity index (χ0v) is 14.7. The van der Waals surface area contributed by atoms with E-state index in [1.807, 2.05) is 37.3 Å². The number of aryl methyl sites for hydroxylation is 1. The van der Waals surface area contributed by atoms with Crippen molar-refractivity contribution in [3.05, 3.63) is 59.7 Å². The fourth-order valence-electron chi connectivity index (χ4n) is 2.85. The predicted octanol–water partition coefficient (Wildman–Crippen LogP) is 3.10. The lowest BCUT2D eigenvalue weighted by atomic mass is 10.2. The second kappa shape index (κ2) is 7.28. The van der Waals surface area contributed by atoms with Crippen LogP contribution in [-0.4, -0.2) is 36.0 Å². The number of carbonyl (C=O) groups is 2. The van der Waals surface area contributed by atoms with Gasteiger partial charge in [0, 0.05) is 5.69 Å². The van der Waals surface area contributed by atoms with Crippen molar-refractivity contribution in [2.75, 3.05) is 18.1 Å². The van der Waals surface area contributed by atoms with Crippen LogP contribution in [0.3, 0.4) is 0 Å². The molecular formula is C20H19N3O3. The number of hydrogen-bond donors (Lipinski definition) is 0. The summed E-state index contributed by atoms with van der Waals surface area (Å²) < 4.78 is 5.58. The van der Waals surface area contributed by atoms with Gasteiger partial charge in [-0.05, 0) is 50.2 Å². The number of hydrogen-bond acceptors (Lipinski definition) is 4. The Balaban J connectivity index is 1.64. The van der Waals surface area contributed by atoms with Crippen LogP contribution >= 0.6 is 0 Å². The van der Waals surface area contributed by atoms with E-state index in [2.05, 4.69) is 0 Å². The van der Waals surface area contributed by atoms with Crippen LogP contribution in [0.5, 0.6) is 5.75 Å². The summed E-state index contributed by atoms with van der Waals surface area (Å²) in [6.07, 6.45) is 0. The molecule has 6 nitrogen and oxygen atoms in total. The van der Waals surface area contributed by atoms with Crippen LogP contribution in [0.4, 0.5) is 10.5 Å². The number of carbonyl (C=O) groups excluding carboxylic acids is 2. The average molecular weight is 349 g/mol. The molecule has 0 saturated carbocycles. The van der Waals surface area contributed by atoms with E-state index in [1.165, 1.54) is 9.80 Å². The summed E-state index contributed by atoms with van der Waals surface area (Å²) in [5, 5.41) is 8.79. The molecule has 1 aliphatic heterocycles. The van der Waals surface area contributed by atoms with Crippen molar-refractivity contribution < 1.29 is 14.3 Å². The van der Waals surface area contributed by atoms with Crippen molar-refractivity contribution in [3.8, 4) is 11.8 Å². The van der Waals surface area contributed by atoms with E-state index in [-0.39, 0.29) is 25.1 Å². The summed E-state index contributed by atoms with van der Waals surface area (Å²) >= 11 is 0. The molecule has 1 saturated heterocycles. The Morgan fingerprint density at radius 2 is 1.73 bits per heavy atom. The molecule has 3 rings (SSSR count). The molecule has 0 aromatic heterocycles. The van der Waals surface area contributed by atoms with Gasteiger partial charge in [0.25, 0.3) is 5.91 Å². The SMILES string of the molecule is Cc1ccc(N2C(=O)N(CCOc3ccc(C#N)cc3)C(=O)C2C)cc1. The second-order valence-electron chi connectivity index (χ2n) is 6.14. The highest BCUT2D eigenvalue weighted by molar-refractivity contribution is 6.14. The molecule has 0 aliphatic carbocycles. The number of amides is 3. The molecule has 1 unspecified atom stereocenters. The molecule has 6 heteroatoms. The van der Waals surface area contributed by atoms with Gasteiger partial charge in [-0.25, -0.2) is 4.79 Å². The molecule has 1 heterocycles. The Labute approximate surface area is 152 Å². The predicted molar refractivity (Wildman–Crippen MR) is 96.9 cm³/mol. The molecule has 26 heavy (non-hydrogen) atoms. The average Bonchev–Trinajstić information content (AvgIpc) is 2.86. The van der Waals surface area contributed by atoms with Crippen molar-refractivity contribution in [2.45, 2.75) is 19.9 Å². The van der Waals surface area contributed by atoms with Crippen molar-refractivity contribution in [3.63, 3.8) is 0 Å². The summed E-state index contributed by atoms with van der Waals surface area (Å²) in [7, 11) is 0. The lowest BCUT2D eigenvalue weighted by molar-refractivity contribution is -0.127. The highest BCUT2D eigenvalue weighted by Gasteiger charge is 2.43. The lowest BCUT2D eigenvalue weighted by Gasteiger charge is -2.19. The molecule has 0 bridgehead atoms. The number of anilines is 1. The Morgan fingerprint density at radius 1 is 1.08 bits per heavy atom. The summed E-state index contributed by atoms with van der Waals surface area (Å²) in [6.45, 7) is 4.06. The third-order valence-corrected chi connectivity index (χ3v) is 4.33. The molecular weight excluding hydrogens is 330 g/mol.